The van der Waals surface area contributed by atoms with Crippen LogP contribution in [0.4, 0.5) is 0 Å². The number of carboxylic acids is 1. The average molecular weight is 306 g/mol. The Kier molecular flexibility index (Phi) is 6.08. The summed E-state index contributed by atoms with van der Waals surface area (Å²) in [5.41, 5.74) is 0.747. The molecular formula is C12H13Cl2NO4. The molecule has 3 N–H and O–H groups in total. The molecule has 0 bridgehead atoms. The number of carboxylic acid groups (broad SMARTS) is 1. The molecule has 1 atom stereocenters. The van der Waals surface area contributed by atoms with Crippen LogP contribution in [0, 0.1) is 0 Å². The second kappa shape index (κ2) is 7.33. The first-order valence-corrected chi connectivity index (χ1v) is 6.26. The molecule has 0 unspecified atom stereocenters. The Labute approximate surface area is 120 Å². The number of carbonyl (C=O) groups excluding carboxylic acids is 1. The van der Waals surface area contributed by atoms with Gasteiger partial charge in [0.2, 0.25) is 5.91 Å². The Morgan fingerprint density at radius 1 is 1.32 bits per heavy atom. The SMILES string of the molecule is O=C(CCc1ccc(Cl)cc1Cl)N[C@@H](CO)C(=O)O. The van der Waals surface area contributed by atoms with Gasteiger partial charge in [0.05, 0.1) is 6.61 Å². The van der Waals surface area contributed by atoms with Crippen LogP contribution < -0.4 is 5.32 Å². The molecule has 7 heteroatoms. The lowest BCUT2D eigenvalue weighted by Crippen LogP contribution is -2.43. The first kappa shape index (κ1) is 15.8. The predicted octanol–water partition coefficient (Wildman–Crippen LogP) is 1.49. The summed E-state index contributed by atoms with van der Waals surface area (Å²) in [6.07, 6.45) is 0.435. The Morgan fingerprint density at radius 3 is 2.53 bits per heavy atom. The van der Waals surface area contributed by atoms with Crippen molar-refractivity contribution in [2.24, 2.45) is 0 Å². The molecule has 0 spiro atoms. The third-order valence-electron chi connectivity index (χ3n) is 2.45. The number of aliphatic hydroxyl groups is 1. The van der Waals surface area contributed by atoms with Gasteiger partial charge in [-0.2, -0.15) is 0 Å². The van der Waals surface area contributed by atoms with Crippen LogP contribution in [-0.4, -0.2) is 34.7 Å². The third-order valence-corrected chi connectivity index (χ3v) is 3.04. The molecule has 0 fully saturated rings. The van der Waals surface area contributed by atoms with Crippen LogP contribution in [0.15, 0.2) is 18.2 Å². The molecule has 0 heterocycles. The van der Waals surface area contributed by atoms with E-state index in [1.807, 2.05) is 0 Å². The Hall–Kier alpha value is -1.30. The number of amides is 1. The van der Waals surface area contributed by atoms with Gasteiger partial charge >= 0.3 is 5.97 Å². The van der Waals surface area contributed by atoms with E-state index >= 15 is 0 Å². The molecule has 0 aliphatic rings. The molecule has 1 rings (SSSR count). The van der Waals surface area contributed by atoms with Crippen LogP contribution in [0.1, 0.15) is 12.0 Å². The molecule has 19 heavy (non-hydrogen) atoms. The van der Waals surface area contributed by atoms with E-state index in [1.54, 1.807) is 18.2 Å². The average Bonchev–Trinajstić information content (AvgIpc) is 2.34. The molecule has 1 aromatic carbocycles. The smallest absolute Gasteiger partial charge is 0.328 e. The summed E-state index contributed by atoms with van der Waals surface area (Å²) in [6, 6.07) is 3.66. The van der Waals surface area contributed by atoms with Crippen molar-refractivity contribution in [2.75, 3.05) is 6.61 Å². The lowest BCUT2D eigenvalue weighted by Gasteiger charge is -2.11. The molecule has 0 saturated heterocycles. The number of nitrogens with one attached hydrogen (secondary N) is 1. The van der Waals surface area contributed by atoms with Crippen molar-refractivity contribution < 1.29 is 19.8 Å². The number of aliphatic carboxylic acids is 1. The van der Waals surface area contributed by atoms with E-state index in [1.165, 1.54) is 0 Å². The van der Waals surface area contributed by atoms with Crippen LogP contribution in [0.3, 0.4) is 0 Å². The Balaban J connectivity index is 2.52. The fourth-order valence-corrected chi connectivity index (χ4v) is 1.93. The van der Waals surface area contributed by atoms with Gasteiger partial charge in [-0.1, -0.05) is 29.3 Å². The van der Waals surface area contributed by atoms with Crippen LogP contribution in [-0.2, 0) is 16.0 Å². The Morgan fingerprint density at radius 2 is 2.00 bits per heavy atom. The van der Waals surface area contributed by atoms with Gasteiger partial charge in [0.1, 0.15) is 6.04 Å². The second-order valence-corrected chi connectivity index (χ2v) is 4.72. The maximum absolute atomic E-state index is 11.5. The topological polar surface area (TPSA) is 86.6 Å². The highest BCUT2D eigenvalue weighted by Gasteiger charge is 2.18. The first-order valence-electron chi connectivity index (χ1n) is 5.51. The molecule has 1 amide bonds. The highest BCUT2D eigenvalue weighted by atomic mass is 35.5. The zero-order chi connectivity index (χ0) is 14.4. The lowest BCUT2D eigenvalue weighted by molar-refractivity contribution is -0.142. The van der Waals surface area contributed by atoms with Gasteiger partial charge in [0, 0.05) is 16.5 Å². The summed E-state index contributed by atoms with van der Waals surface area (Å²) in [5.74, 6) is -1.74. The molecule has 0 aliphatic carbocycles. The molecule has 0 saturated carbocycles. The molecule has 1 aromatic rings. The number of hydrogen-bond acceptors (Lipinski definition) is 3. The van der Waals surface area contributed by atoms with E-state index in [4.69, 9.17) is 33.4 Å². The minimum Gasteiger partial charge on any atom is -0.480 e. The van der Waals surface area contributed by atoms with Gasteiger partial charge in [-0.05, 0) is 24.1 Å². The summed E-state index contributed by atoms with van der Waals surface area (Å²) in [4.78, 5) is 22.1. The van der Waals surface area contributed by atoms with Crippen molar-refractivity contribution in [3.8, 4) is 0 Å². The number of benzene rings is 1. The second-order valence-electron chi connectivity index (χ2n) is 3.88. The number of rotatable bonds is 6. The maximum atomic E-state index is 11.5. The largest absolute Gasteiger partial charge is 0.480 e. The van der Waals surface area contributed by atoms with Crippen molar-refractivity contribution in [1.29, 1.82) is 0 Å². The van der Waals surface area contributed by atoms with E-state index in [0.29, 0.717) is 16.5 Å². The van der Waals surface area contributed by atoms with Crippen LogP contribution in [0.2, 0.25) is 10.0 Å². The molecule has 0 aliphatic heterocycles. The van der Waals surface area contributed by atoms with Gasteiger partial charge in [0.15, 0.2) is 0 Å². The maximum Gasteiger partial charge on any atom is 0.328 e. The number of aryl methyl sites for hydroxylation is 1. The molecule has 0 radical (unpaired) electrons. The van der Waals surface area contributed by atoms with Crippen molar-refractivity contribution >= 4 is 35.1 Å². The van der Waals surface area contributed by atoms with E-state index in [0.717, 1.165) is 5.56 Å². The summed E-state index contributed by atoms with van der Waals surface area (Å²) in [5, 5.41) is 20.6. The first-order chi connectivity index (χ1) is 8.93. The van der Waals surface area contributed by atoms with E-state index in [2.05, 4.69) is 5.32 Å². The van der Waals surface area contributed by atoms with Crippen LogP contribution >= 0.6 is 23.2 Å². The van der Waals surface area contributed by atoms with Gasteiger partial charge in [-0.15, -0.1) is 0 Å². The van der Waals surface area contributed by atoms with Gasteiger partial charge in [0.25, 0.3) is 0 Å². The van der Waals surface area contributed by atoms with Crippen molar-refractivity contribution in [2.45, 2.75) is 18.9 Å². The minimum atomic E-state index is -1.28. The molecule has 0 aromatic heterocycles. The zero-order valence-corrected chi connectivity index (χ0v) is 11.4. The predicted molar refractivity (Wildman–Crippen MR) is 71.4 cm³/mol. The molecular weight excluding hydrogens is 293 g/mol. The standard InChI is InChI=1S/C12H13Cl2NO4/c13-8-3-1-7(9(14)5-8)2-4-11(17)15-10(6-16)12(18)19/h1,3,5,10,16H,2,4,6H2,(H,15,17)(H,18,19)/t10-/m0/s1. The summed E-state index contributed by atoms with van der Waals surface area (Å²) in [6.45, 7) is -0.650. The monoisotopic (exact) mass is 305 g/mol. The lowest BCUT2D eigenvalue weighted by atomic mass is 10.1. The number of aliphatic hydroxyl groups excluding tert-OH is 1. The fraction of sp³-hybridized carbons (Fsp3) is 0.333. The minimum absolute atomic E-state index is 0.0745. The number of halogens is 2. The van der Waals surface area contributed by atoms with E-state index in [-0.39, 0.29) is 6.42 Å². The van der Waals surface area contributed by atoms with Crippen molar-refractivity contribution in [3.05, 3.63) is 33.8 Å². The summed E-state index contributed by atoms with van der Waals surface area (Å²) < 4.78 is 0. The molecule has 5 nitrogen and oxygen atoms in total. The fourth-order valence-electron chi connectivity index (χ4n) is 1.42. The third kappa shape index (κ3) is 5.06. The molecule has 104 valence electrons. The number of carbonyl (C=O) groups is 2. The highest BCUT2D eigenvalue weighted by molar-refractivity contribution is 6.35. The zero-order valence-electron chi connectivity index (χ0n) is 9.90. The van der Waals surface area contributed by atoms with Gasteiger partial charge in [-0.25, -0.2) is 4.79 Å². The van der Waals surface area contributed by atoms with Crippen LogP contribution in [0.5, 0.6) is 0 Å². The van der Waals surface area contributed by atoms with E-state index in [9.17, 15) is 9.59 Å². The van der Waals surface area contributed by atoms with Gasteiger partial charge < -0.3 is 15.5 Å². The van der Waals surface area contributed by atoms with E-state index < -0.39 is 24.5 Å². The van der Waals surface area contributed by atoms with Gasteiger partial charge in [-0.3, -0.25) is 4.79 Å². The Bertz CT molecular complexity index is 479. The van der Waals surface area contributed by atoms with Crippen molar-refractivity contribution in [1.82, 2.24) is 5.32 Å². The summed E-state index contributed by atoms with van der Waals surface area (Å²) >= 11 is 11.7. The quantitative estimate of drug-likeness (QED) is 0.743. The normalized spacial score (nSPS) is 11.9. The van der Waals surface area contributed by atoms with Crippen LogP contribution in [0.25, 0.3) is 0 Å². The highest BCUT2D eigenvalue weighted by Crippen LogP contribution is 2.21. The summed E-state index contributed by atoms with van der Waals surface area (Å²) in [7, 11) is 0. The number of hydrogen-bond donors (Lipinski definition) is 3. The van der Waals surface area contributed by atoms with Crippen molar-refractivity contribution in [3.63, 3.8) is 0 Å².